The zero-order valence-electron chi connectivity index (χ0n) is 48.9. The van der Waals surface area contributed by atoms with Crippen molar-refractivity contribution in [2.24, 2.45) is 5.11 Å². The third-order valence-electron chi connectivity index (χ3n) is 15.1. The second-order valence-corrected chi connectivity index (χ2v) is 21.7. The standard InChI is InChI=1S/C33H33N3O9.C23H14O5.C10H19N3O4/c37-22-7-9-28-30(13-22)44-31-14-24(8-10-29(31)33(28)27-6-2-1-5-26(27)32(39)45-33)42-17-21-15-36(35-34-21)16-23(38)18-40-11-3-4-12-41-19-25-20-43-25;1-2-11-26-15-8-10-19-21(13-15)27-20-12-14(24)7-9-18(20)23(19)17-6-4-3-5-16(17)22(25)28-23;11-13-12-5-9(14)6-15-3-1-2-4-16-7-10-8-17-10/h1-2,5-10,13-15,23,25,37-38H,3-4,11-12,16-20H2;1,3-10,12-13,24H,11H2;9-10,14H,1-8H2. The van der Waals surface area contributed by atoms with Crippen molar-refractivity contribution >= 4 is 11.9 Å². The molecule has 6 aliphatic rings. The Morgan fingerprint density at radius 3 is 1.60 bits per heavy atom. The molecule has 2 spiro atoms. The molecule has 0 bridgehead atoms. The fourth-order valence-electron chi connectivity index (χ4n) is 10.7. The molecular formula is C66H66N6O18. The highest BCUT2D eigenvalue weighted by molar-refractivity contribution is 5.98. The number of carbonyl (C=O) groups excluding carboxylic acids is 2. The number of azide groups is 1. The van der Waals surface area contributed by atoms with Crippen molar-refractivity contribution in [1.29, 1.82) is 0 Å². The summed E-state index contributed by atoms with van der Waals surface area (Å²) in [6.07, 6.45) is 9.70. The van der Waals surface area contributed by atoms with E-state index in [9.17, 15) is 30.0 Å². The van der Waals surface area contributed by atoms with E-state index in [1.807, 2.05) is 36.4 Å². The van der Waals surface area contributed by atoms with Crippen LogP contribution in [0.1, 0.15) is 85.5 Å². The highest BCUT2D eigenvalue weighted by Gasteiger charge is 2.55. The second kappa shape index (κ2) is 28.9. The molecular weight excluding hydrogens is 1160 g/mol. The van der Waals surface area contributed by atoms with Gasteiger partial charge >= 0.3 is 11.9 Å². The van der Waals surface area contributed by atoms with Crippen LogP contribution in [-0.4, -0.2) is 151 Å². The summed E-state index contributed by atoms with van der Waals surface area (Å²) in [5, 5.41) is 51.2. The van der Waals surface area contributed by atoms with Crippen molar-refractivity contribution in [2.75, 3.05) is 79.2 Å². The van der Waals surface area contributed by atoms with E-state index >= 15 is 0 Å². The lowest BCUT2D eigenvalue weighted by atomic mass is 9.77. The molecule has 6 aliphatic heterocycles. The Labute approximate surface area is 517 Å². The molecule has 6 aromatic carbocycles. The molecule has 4 N–H and O–H groups in total. The van der Waals surface area contributed by atoms with Crippen molar-refractivity contribution in [1.82, 2.24) is 15.0 Å². The van der Waals surface area contributed by atoms with Gasteiger partial charge in [-0.05, 0) is 91.9 Å². The van der Waals surface area contributed by atoms with Gasteiger partial charge in [-0.25, -0.2) is 14.3 Å². The summed E-state index contributed by atoms with van der Waals surface area (Å²) in [4.78, 5) is 28.2. The highest BCUT2D eigenvalue weighted by Crippen LogP contribution is 2.58. The number of rotatable bonds is 27. The Balaban J connectivity index is 0.000000157. The maximum atomic E-state index is 13.0. The minimum absolute atomic E-state index is 0.0258. The third kappa shape index (κ3) is 14.6. The number of phenols is 2. The number of aromatic nitrogens is 3. The lowest BCUT2D eigenvalue weighted by Crippen LogP contribution is -2.32. The first-order valence-corrected chi connectivity index (χ1v) is 29.4. The topological polar surface area (TPSA) is 312 Å². The van der Waals surface area contributed by atoms with Crippen molar-refractivity contribution in [3.8, 4) is 58.3 Å². The SMILES string of the molecule is C#CCOc1ccc2c(c1)Oc1cc(O)ccc1C21OC(=O)c2ccccc21.O=C1OC2(c3ccc(O)cc3Oc3cc(OCc4cn(CC(O)COCCCCOCC5CO5)nn4)ccc32)c2ccccc21.[N-]=[N+]=NCC(O)COCCCCOCC1CO1. The van der Waals surface area contributed by atoms with Crippen LogP contribution in [0.15, 0.2) is 133 Å². The van der Waals surface area contributed by atoms with Crippen LogP contribution >= 0.6 is 0 Å². The van der Waals surface area contributed by atoms with Gasteiger partial charge in [0.15, 0.2) is 11.2 Å². The van der Waals surface area contributed by atoms with Gasteiger partial charge in [0.25, 0.3) is 0 Å². The molecule has 468 valence electrons. The molecule has 0 aliphatic carbocycles. The van der Waals surface area contributed by atoms with Crippen LogP contribution in [0.25, 0.3) is 10.4 Å². The summed E-state index contributed by atoms with van der Waals surface area (Å²) in [5.74, 6) is 4.38. The number of terminal acetylenes is 1. The zero-order valence-corrected chi connectivity index (χ0v) is 48.9. The van der Waals surface area contributed by atoms with E-state index in [4.69, 9.17) is 68.8 Å². The number of phenolic OH excluding ortho intramolecular Hbond substituents is 2. The molecule has 1 aromatic heterocycles. The fourth-order valence-corrected chi connectivity index (χ4v) is 10.7. The lowest BCUT2D eigenvalue weighted by Gasteiger charge is -2.36. The Kier molecular flexibility index (Phi) is 20.0. The first-order chi connectivity index (χ1) is 43.9. The normalized spacial score (nSPS) is 19.3. The van der Waals surface area contributed by atoms with E-state index in [-0.39, 0.29) is 57.1 Å². The molecule has 24 heteroatoms. The minimum Gasteiger partial charge on any atom is -0.508 e. The predicted molar refractivity (Wildman–Crippen MR) is 319 cm³/mol. The number of fused-ring (bicyclic) bond motifs is 12. The van der Waals surface area contributed by atoms with Gasteiger partial charge in [0.1, 0.15) is 77.1 Å². The second-order valence-electron chi connectivity index (χ2n) is 21.7. The van der Waals surface area contributed by atoms with Crippen molar-refractivity contribution < 1.29 is 86.9 Å². The number of benzene rings is 6. The fraction of sp³-hybridized carbons (Fsp3) is 0.364. The number of unbranched alkanes of at least 4 members (excludes halogenated alkanes) is 2. The maximum absolute atomic E-state index is 13.0. The van der Waals surface area contributed by atoms with Gasteiger partial charge in [0, 0.05) is 89.0 Å². The van der Waals surface area contributed by atoms with Gasteiger partial charge in [0.05, 0.1) is 82.3 Å². The Morgan fingerprint density at radius 1 is 0.633 bits per heavy atom. The van der Waals surface area contributed by atoms with E-state index in [0.717, 1.165) is 44.5 Å². The molecule has 0 radical (unpaired) electrons. The van der Waals surface area contributed by atoms with Gasteiger partial charge in [-0.1, -0.05) is 52.6 Å². The minimum atomic E-state index is -1.23. The molecule has 90 heavy (non-hydrogen) atoms. The number of esters is 2. The molecule has 7 heterocycles. The molecule has 0 amide bonds. The average Bonchev–Trinajstić information content (AvgIpc) is 1.43. The predicted octanol–water partition coefficient (Wildman–Crippen LogP) is 8.55. The number of aromatic hydroxyl groups is 2. The van der Waals surface area contributed by atoms with Gasteiger partial charge in [0.2, 0.25) is 0 Å². The summed E-state index contributed by atoms with van der Waals surface area (Å²) in [6.45, 7) is 6.42. The monoisotopic (exact) mass is 1230 g/mol. The molecule has 13 rings (SSSR count). The first-order valence-electron chi connectivity index (χ1n) is 29.4. The van der Waals surface area contributed by atoms with Crippen LogP contribution in [0.4, 0.5) is 0 Å². The number of epoxide rings is 2. The smallest absolute Gasteiger partial charge is 0.340 e. The Morgan fingerprint density at radius 2 is 1.10 bits per heavy atom. The van der Waals surface area contributed by atoms with E-state index in [1.165, 1.54) is 12.1 Å². The van der Waals surface area contributed by atoms with Crippen LogP contribution < -0.4 is 18.9 Å². The van der Waals surface area contributed by atoms with Crippen LogP contribution in [0.3, 0.4) is 0 Å². The average molecular weight is 1230 g/mol. The zero-order chi connectivity index (χ0) is 62.5. The molecule has 6 atom stereocenters. The van der Waals surface area contributed by atoms with Crippen LogP contribution in [-0.2, 0) is 62.2 Å². The number of hydrogen-bond acceptors (Lipinski definition) is 21. The molecule has 2 fully saturated rings. The summed E-state index contributed by atoms with van der Waals surface area (Å²) in [6, 6.07) is 34.7. The summed E-state index contributed by atoms with van der Waals surface area (Å²) in [5.41, 5.74) is 11.2. The molecule has 24 nitrogen and oxygen atoms in total. The number of aliphatic hydroxyl groups excluding tert-OH is 2. The number of aliphatic hydroxyl groups is 2. The molecule has 6 unspecified atom stereocenters. The Bertz CT molecular complexity index is 3770. The van der Waals surface area contributed by atoms with Gasteiger partial charge in [-0.3, -0.25) is 0 Å². The van der Waals surface area contributed by atoms with E-state index in [2.05, 4.69) is 26.3 Å². The largest absolute Gasteiger partial charge is 0.508 e. The lowest BCUT2D eigenvalue weighted by molar-refractivity contribution is 0.0214. The van der Waals surface area contributed by atoms with E-state index in [1.54, 1.807) is 83.7 Å². The number of hydrogen-bond donors (Lipinski definition) is 4. The summed E-state index contributed by atoms with van der Waals surface area (Å²) < 4.78 is 69.2. The van der Waals surface area contributed by atoms with Gasteiger partial charge < -0.3 is 77.3 Å². The van der Waals surface area contributed by atoms with E-state index < -0.39 is 35.3 Å². The highest BCUT2D eigenvalue weighted by atomic mass is 16.6. The molecule has 2 saturated heterocycles. The number of carbonyl (C=O) groups is 2. The van der Waals surface area contributed by atoms with Crippen LogP contribution in [0.5, 0.6) is 46.0 Å². The van der Waals surface area contributed by atoms with Crippen molar-refractivity contribution in [2.45, 2.75) is 74.5 Å². The summed E-state index contributed by atoms with van der Waals surface area (Å²) in [7, 11) is 0. The van der Waals surface area contributed by atoms with Gasteiger partial charge in [-0.15, -0.1) is 11.5 Å². The van der Waals surface area contributed by atoms with Crippen LogP contribution in [0.2, 0.25) is 0 Å². The molecule has 7 aromatic rings. The first kappa shape index (κ1) is 62.4. The van der Waals surface area contributed by atoms with Crippen LogP contribution in [0, 0.1) is 12.3 Å². The maximum Gasteiger partial charge on any atom is 0.340 e. The van der Waals surface area contributed by atoms with Gasteiger partial charge in [-0.2, -0.15) is 0 Å². The van der Waals surface area contributed by atoms with E-state index in [0.29, 0.717) is 125 Å². The van der Waals surface area contributed by atoms with Crippen molar-refractivity contribution in [3.63, 3.8) is 0 Å². The summed E-state index contributed by atoms with van der Waals surface area (Å²) >= 11 is 0. The quantitative estimate of drug-likeness (QED) is 0.00712. The Hall–Kier alpha value is -9.25. The van der Waals surface area contributed by atoms with Crippen molar-refractivity contribution in [3.05, 3.63) is 188 Å². The third-order valence-corrected chi connectivity index (χ3v) is 15.1. The number of nitrogens with zero attached hydrogens (tertiary/aromatic N) is 6. The number of ether oxygens (including phenoxy) is 12. The molecule has 0 saturated carbocycles.